The molecule has 1 aromatic carbocycles. The Morgan fingerprint density at radius 2 is 1.92 bits per heavy atom. The lowest BCUT2D eigenvalue weighted by Gasteiger charge is -2.44. The summed E-state index contributed by atoms with van der Waals surface area (Å²) in [5, 5.41) is 9.86. The third-order valence-electron chi connectivity index (χ3n) is 5.37. The van der Waals surface area contributed by atoms with Crippen LogP contribution in [0.3, 0.4) is 0 Å². The van der Waals surface area contributed by atoms with Gasteiger partial charge in [0.15, 0.2) is 0 Å². The summed E-state index contributed by atoms with van der Waals surface area (Å²) in [4.78, 5) is 30.2. The summed E-state index contributed by atoms with van der Waals surface area (Å²) in [6.07, 6.45) is 5.20. The molecule has 0 aliphatic heterocycles. The number of nitrogens with zero attached hydrogens (tertiary/aromatic N) is 2. The number of aliphatic hydroxyl groups excluding tert-OH is 1. The van der Waals surface area contributed by atoms with Crippen LogP contribution in [-0.2, 0) is 6.54 Å². The average Bonchev–Trinajstić information content (AvgIpc) is 2.60. The zero-order valence-electron chi connectivity index (χ0n) is 14.1. The zero-order valence-corrected chi connectivity index (χ0v) is 14.1. The summed E-state index contributed by atoms with van der Waals surface area (Å²) in [7, 11) is 1.97. The van der Waals surface area contributed by atoms with Crippen molar-refractivity contribution in [2.75, 3.05) is 20.2 Å². The molecule has 0 saturated heterocycles. The molecule has 1 fully saturated rings. The number of para-hydroxylation sites is 1. The molecule has 1 heterocycles. The SMILES string of the molecule is CN(CCO)C1(Cn2c(=O)[nH]c3ccccc3c2=O)CCCCC1. The van der Waals surface area contributed by atoms with E-state index in [-0.39, 0.29) is 23.4 Å². The van der Waals surface area contributed by atoms with E-state index in [0.29, 0.717) is 24.0 Å². The summed E-state index contributed by atoms with van der Waals surface area (Å²) in [6.45, 7) is 0.976. The van der Waals surface area contributed by atoms with Gasteiger partial charge in [-0.2, -0.15) is 0 Å². The van der Waals surface area contributed by atoms with Gasteiger partial charge in [-0.15, -0.1) is 0 Å². The van der Waals surface area contributed by atoms with Crippen LogP contribution in [0.15, 0.2) is 33.9 Å². The van der Waals surface area contributed by atoms with Gasteiger partial charge in [0.1, 0.15) is 0 Å². The molecular formula is C18H25N3O3. The van der Waals surface area contributed by atoms with Crippen molar-refractivity contribution in [2.24, 2.45) is 0 Å². The molecule has 0 amide bonds. The Kier molecular flexibility index (Phi) is 4.87. The monoisotopic (exact) mass is 331 g/mol. The van der Waals surface area contributed by atoms with E-state index in [1.54, 1.807) is 24.3 Å². The van der Waals surface area contributed by atoms with Gasteiger partial charge in [0.05, 0.1) is 17.5 Å². The van der Waals surface area contributed by atoms with Gasteiger partial charge in [0.25, 0.3) is 5.56 Å². The maximum Gasteiger partial charge on any atom is 0.328 e. The maximum absolute atomic E-state index is 12.8. The minimum Gasteiger partial charge on any atom is -0.395 e. The second-order valence-corrected chi connectivity index (χ2v) is 6.80. The van der Waals surface area contributed by atoms with Gasteiger partial charge in [0, 0.05) is 18.6 Å². The molecule has 3 rings (SSSR count). The van der Waals surface area contributed by atoms with Crippen LogP contribution in [0.4, 0.5) is 0 Å². The van der Waals surface area contributed by atoms with Gasteiger partial charge in [-0.3, -0.25) is 14.3 Å². The molecule has 1 saturated carbocycles. The van der Waals surface area contributed by atoms with Crippen molar-refractivity contribution in [2.45, 2.75) is 44.2 Å². The summed E-state index contributed by atoms with van der Waals surface area (Å²) >= 11 is 0. The Morgan fingerprint density at radius 3 is 2.62 bits per heavy atom. The van der Waals surface area contributed by atoms with E-state index < -0.39 is 0 Å². The number of aromatic amines is 1. The molecule has 130 valence electrons. The molecule has 0 bridgehead atoms. The van der Waals surface area contributed by atoms with Crippen molar-refractivity contribution in [3.05, 3.63) is 45.1 Å². The van der Waals surface area contributed by atoms with E-state index in [0.717, 1.165) is 25.7 Å². The standard InChI is InChI=1S/C18H25N3O3/c1-20(11-12-22)18(9-5-2-6-10-18)13-21-16(23)14-7-3-4-8-15(14)19-17(21)24/h3-4,7-8,22H,2,5-6,9-13H2,1H3,(H,19,24). The van der Waals surface area contributed by atoms with Gasteiger partial charge in [0.2, 0.25) is 0 Å². The third-order valence-corrected chi connectivity index (χ3v) is 5.37. The van der Waals surface area contributed by atoms with Crippen LogP contribution in [0.25, 0.3) is 10.9 Å². The number of nitrogens with one attached hydrogen (secondary N) is 1. The molecule has 6 nitrogen and oxygen atoms in total. The van der Waals surface area contributed by atoms with E-state index >= 15 is 0 Å². The van der Waals surface area contributed by atoms with Crippen molar-refractivity contribution < 1.29 is 5.11 Å². The fraction of sp³-hybridized carbons (Fsp3) is 0.556. The van der Waals surface area contributed by atoms with Crippen LogP contribution in [0.1, 0.15) is 32.1 Å². The predicted molar refractivity (Wildman–Crippen MR) is 94.4 cm³/mol. The lowest BCUT2D eigenvalue weighted by molar-refractivity contribution is 0.0419. The molecule has 6 heteroatoms. The largest absolute Gasteiger partial charge is 0.395 e. The first-order chi connectivity index (χ1) is 11.6. The number of hydrogen-bond donors (Lipinski definition) is 2. The molecule has 0 spiro atoms. The van der Waals surface area contributed by atoms with Crippen LogP contribution in [-0.4, -0.2) is 45.3 Å². The second kappa shape index (κ2) is 6.91. The molecule has 1 aromatic heterocycles. The average molecular weight is 331 g/mol. The summed E-state index contributed by atoms with van der Waals surface area (Å²) in [5.41, 5.74) is -0.275. The topological polar surface area (TPSA) is 78.3 Å². The molecule has 0 radical (unpaired) electrons. The molecule has 1 aliphatic carbocycles. The van der Waals surface area contributed by atoms with Crippen LogP contribution in [0, 0.1) is 0 Å². The van der Waals surface area contributed by atoms with Gasteiger partial charge in [-0.05, 0) is 32.0 Å². The van der Waals surface area contributed by atoms with Crippen molar-refractivity contribution in [1.82, 2.24) is 14.5 Å². The quantitative estimate of drug-likeness (QED) is 0.866. The van der Waals surface area contributed by atoms with E-state index in [2.05, 4.69) is 9.88 Å². The van der Waals surface area contributed by atoms with Crippen LogP contribution >= 0.6 is 0 Å². The highest BCUT2D eigenvalue weighted by Gasteiger charge is 2.37. The molecule has 2 N–H and O–H groups in total. The molecule has 2 aromatic rings. The Hall–Kier alpha value is -1.92. The molecule has 1 aliphatic rings. The fourth-order valence-corrected chi connectivity index (χ4v) is 3.89. The highest BCUT2D eigenvalue weighted by molar-refractivity contribution is 5.76. The molecule has 0 atom stereocenters. The van der Waals surface area contributed by atoms with Gasteiger partial charge in [-0.25, -0.2) is 4.79 Å². The highest BCUT2D eigenvalue weighted by atomic mass is 16.3. The number of rotatable bonds is 5. The number of benzene rings is 1. The van der Waals surface area contributed by atoms with Crippen LogP contribution < -0.4 is 11.2 Å². The summed E-state index contributed by atoms with van der Waals surface area (Å²) in [6, 6.07) is 7.10. The van der Waals surface area contributed by atoms with Gasteiger partial charge in [-0.1, -0.05) is 31.4 Å². The number of aromatic nitrogens is 2. The maximum atomic E-state index is 12.8. The lowest BCUT2D eigenvalue weighted by Crippen LogP contribution is -2.55. The van der Waals surface area contributed by atoms with Crippen molar-refractivity contribution in [3.8, 4) is 0 Å². The normalized spacial score (nSPS) is 17.5. The van der Waals surface area contributed by atoms with Crippen molar-refractivity contribution in [1.29, 1.82) is 0 Å². The zero-order chi connectivity index (χ0) is 17.2. The van der Waals surface area contributed by atoms with E-state index in [4.69, 9.17) is 0 Å². The number of hydrogen-bond acceptors (Lipinski definition) is 4. The predicted octanol–water partition coefficient (Wildman–Crippen LogP) is 1.32. The number of likely N-dealkylation sites (N-methyl/N-ethyl adjacent to an activating group) is 1. The van der Waals surface area contributed by atoms with Crippen molar-refractivity contribution >= 4 is 10.9 Å². The van der Waals surface area contributed by atoms with Gasteiger partial charge < -0.3 is 10.1 Å². The minimum absolute atomic E-state index is 0.0707. The van der Waals surface area contributed by atoms with Crippen LogP contribution in [0.2, 0.25) is 0 Å². The third kappa shape index (κ3) is 3.03. The number of aliphatic hydroxyl groups is 1. The van der Waals surface area contributed by atoms with Crippen molar-refractivity contribution in [3.63, 3.8) is 0 Å². The molecular weight excluding hydrogens is 306 g/mol. The first-order valence-electron chi connectivity index (χ1n) is 8.61. The summed E-state index contributed by atoms with van der Waals surface area (Å²) < 4.78 is 1.33. The second-order valence-electron chi connectivity index (χ2n) is 6.80. The fourth-order valence-electron chi connectivity index (χ4n) is 3.89. The van der Waals surface area contributed by atoms with Crippen LogP contribution in [0.5, 0.6) is 0 Å². The Labute approximate surface area is 140 Å². The smallest absolute Gasteiger partial charge is 0.328 e. The number of β-amino-alcohol motifs (C(OH)–C–C–N with tert-alkyl or cyclic N) is 1. The molecule has 24 heavy (non-hydrogen) atoms. The van der Waals surface area contributed by atoms with E-state index in [9.17, 15) is 14.7 Å². The number of H-pyrrole nitrogens is 1. The van der Waals surface area contributed by atoms with E-state index in [1.165, 1.54) is 11.0 Å². The Balaban J connectivity index is 2.05. The molecule has 0 unspecified atom stereocenters. The Bertz CT molecular complexity index is 818. The van der Waals surface area contributed by atoms with E-state index in [1.807, 2.05) is 7.05 Å². The lowest BCUT2D eigenvalue weighted by atomic mass is 9.80. The first-order valence-corrected chi connectivity index (χ1v) is 8.61. The number of fused-ring (bicyclic) bond motifs is 1. The summed E-state index contributed by atoms with van der Waals surface area (Å²) in [5.74, 6) is 0. The van der Waals surface area contributed by atoms with Gasteiger partial charge >= 0.3 is 5.69 Å². The highest BCUT2D eigenvalue weighted by Crippen LogP contribution is 2.33. The first kappa shape index (κ1) is 16.9. The minimum atomic E-state index is -0.360. The Morgan fingerprint density at radius 1 is 1.21 bits per heavy atom.